The minimum Gasteiger partial charge on any atom is -0.350 e. The number of amides is 2. The van der Waals surface area contributed by atoms with E-state index in [0.29, 0.717) is 6.54 Å². The number of carbonyl (C=O) groups is 2. The maximum absolute atomic E-state index is 12.9. The van der Waals surface area contributed by atoms with Crippen LogP contribution in [0.4, 0.5) is 4.39 Å². The third-order valence-corrected chi connectivity index (χ3v) is 4.48. The fourth-order valence-corrected chi connectivity index (χ4v) is 2.87. The molecule has 0 unspecified atom stereocenters. The highest BCUT2D eigenvalue weighted by Crippen LogP contribution is 2.09. The maximum Gasteiger partial charge on any atom is 0.239 e. The Balaban J connectivity index is 1.52. The molecule has 0 atom stereocenters. The highest BCUT2D eigenvalue weighted by Gasteiger charge is 2.17. The number of halogens is 1. The van der Waals surface area contributed by atoms with Gasteiger partial charge >= 0.3 is 0 Å². The van der Waals surface area contributed by atoms with Crippen molar-refractivity contribution in [1.82, 2.24) is 20.0 Å². The molecule has 29 heavy (non-hydrogen) atoms. The van der Waals surface area contributed by atoms with Gasteiger partial charge in [-0.05, 0) is 42.3 Å². The first kappa shape index (κ1) is 20.3. The van der Waals surface area contributed by atoms with Crippen LogP contribution in [0.15, 0.2) is 67.0 Å². The third-order valence-electron chi connectivity index (χ3n) is 4.48. The second-order valence-corrected chi connectivity index (χ2v) is 6.62. The van der Waals surface area contributed by atoms with E-state index in [1.165, 1.54) is 17.0 Å². The van der Waals surface area contributed by atoms with Gasteiger partial charge in [0.15, 0.2) is 0 Å². The number of rotatable bonds is 8. The molecule has 1 heterocycles. The normalized spacial score (nSPS) is 10.6. The van der Waals surface area contributed by atoms with E-state index in [9.17, 15) is 14.0 Å². The van der Waals surface area contributed by atoms with Crippen LogP contribution in [-0.4, -0.2) is 39.6 Å². The Kier molecular flexibility index (Phi) is 6.73. The first-order valence-corrected chi connectivity index (χ1v) is 9.43. The first-order chi connectivity index (χ1) is 14.0. The number of benzene rings is 2. The summed E-state index contributed by atoms with van der Waals surface area (Å²) in [7, 11) is 0. The summed E-state index contributed by atoms with van der Waals surface area (Å²) in [5, 5.41) is 7.05. The summed E-state index contributed by atoms with van der Waals surface area (Å²) in [6, 6.07) is 15.6. The van der Waals surface area contributed by atoms with Crippen molar-refractivity contribution in [2.75, 3.05) is 13.1 Å². The fourth-order valence-electron chi connectivity index (χ4n) is 2.87. The predicted molar refractivity (Wildman–Crippen MR) is 108 cm³/mol. The van der Waals surface area contributed by atoms with Gasteiger partial charge in [0.1, 0.15) is 5.82 Å². The maximum atomic E-state index is 12.9. The largest absolute Gasteiger partial charge is 0.350 e. The van der Waals surface area contributed by atoms with E-state index in [1.54, 1.807) is 23.0 Å². The SMILES string of the molecule is CCN(CC(=O)NCc1ccc(F)cc1)C(=O)Cc1cnn(-c2ccccc2)c1. The highest BCUT2D eigenvalue weighted by molar-refractivity contribution is 5.85. The summed E-state index contributed by atoms with van der Waals surface area (Å²) in [6.07, 6.45) is 3.65. The Bertz CT molecular complexity index is 954. The Morgan fingerprint density at radius 3 is 2.48 bits per heavy atom. The average Bonchev–Trinajstić information content (AvgIpc) is 3.20. The quantitative estimate of drug-likeness (QED) is 0.639. The Morgan fingerprint density at radius 1 is 1.07 bits per heavy atom. The number of hydrogen-bond acceptors (Lipinski definition) is 3. The smallest absolute Gasteiger partial charge is 0.239 e. The van der Waals surface area contributed by atoms with E-state index in [1.807, 2.05) is 43.5 Å². The lowest BCUT2D eigenvalue weighted by Gasteiger charge is -2.20. The number of hydrogen-bond donors (Lipinski definition) is 1. The highest BCUT2D eigenvalue weighted by atomic mass is 19.1. The summed E-state index contributed by atoms with van der Waals surface area (Å²) >= 11 is 0. The zero-order valence-corrected chi connectivity index (χ0v) is 16.2. The molecule has 3 aromatic rings. The summed E-state index contributed by atoms with van der Waals surface area (Å²) < 4.78 is 14.6. The summed E-state index contributed by atoms with van der Waals surface area (Å²) in [5.41, 5.74) is 2.49. The fraction of sp³-hybridized carbons (Fsp3) is 0.227. The molecule has 0 fully saturated rings. The van der Waals surface area contributed by atoms with Crippen LogP contribution in [0.2, 0.25) is 0 Å². The average molecular weight is 394 g/mol. The van der Waals surface area contributed by atoms with Gasteiger partial charge in [0.25, 0.3) is 0 Å². The van der Waals surface area contributed by atoms with Gasteiger partial charge in [0.05, 0.1) is 24.8 Å². The van der Waals surface area contributed by atoms with Crippen molar-refractivity contribution in [2.45, 2.75) is 19.9 Å². The van der Waals surface area contributed by atoms with Crippen molar-refractivity contribution in [2.24, 2.45) is 0 Å². The Morgan fingerprint density at radius 2 is 1.79 bits per heavy atom. The van der Waals surface area contributed by atoms with Crippen molar-refractivity contribution in [3.05, 3.63) is 83.9 Å². The van der Waals surface area contributed by atoms with Gasteiger partial charge in [-0.25, -0.2) is 9.07 Å². The van der Waals surface area contributed by atoms with Gasteiger partial charge in [-0.3, -0.25) is 9.59 Å². The van der Waals surface area contributed by atoms with Crippen LogP contribution in [0.1, 0.15) is 18.1 Å². The summed E-state index contributed by atoms with van der Waals surface area (Å²) in [4.78, 5) is 26.3. The number of aromatic nitrogens is 2. The first-order valence-electron chi connectivity index (χ1n) is 9.43. The molecular formula is C22H23FN4O2. The van der Waals surface area contributed by atoms with Gasteiger partial charge in [-0.2, -0.15) is 5.10 Å². The van der Waals surface area contributed by atoms with Gasteiger partial charge in [-0.15, -0.1) is 0 Å². The zero-order chi connectivity index (χ0) is 20.6. The van der Waals surface area contributed by atoms with Gasteiger partial charge in [0.2, 0.25) is 11.8 Å². The van der Waals surface area contributed by atoms with E-state index in [4.69, 9.17) is 0 Å². The van der Waals surface area contributed by atoms with Gasteiger partial charge < -0.3 is 10.2 Å². The minimum absolute atomic E-state index is 0.0245. The molecule has 0 saturated carbocycles. The van der Waals surface area contributed by atoms with Crippen molar-refractivity contribution < 1.29 is 14.0 Å². The summed E-state index contributed by atoms with van der Waals surface area (Å²) in [6.45, 7) is 2.52. The molecule has 6 nitrogen and oxygen atoms in total. The van der Waals surface area contributed by atoms with E-state index < -0.39 is 0 Å². The van der Waals surface area contributed by atoms with Crippen molar-refractivity contribution >= 4 is 11.8 Å². The van der Waals surface area contributed by atoms with Crippen LogP contribution in [0.25, 0.3) is 5.69 Å². The topological polar surface area (TPSA) is 67.2 Å². The van der Waals surface area contributed by atoms with Crippen LogP contribution in [0.3, 0.4) is 0 Å². The lowest BCUT2D eigenvalue weighted by molar-refractivity contribution is -0.135. The predicted octanol–water partition coefficient (Wildman–Crippen LogP) is 2.72. The molecular weight excluding hydrogens is 371 g/mol. The minimum atomic E-state index is -0.321. The molecule has 1 N–H and O–H groups in total. The molecule has 0 aliphatic heterocycles. The third kappa shape index (κ3) is 5.75. The number of carbonyl (C=O) groups excluding carboxylic acids is 2. The molecule has 7 heteroatoms. The zero-order valence-electron chi connectivity index (χ0n) is 16.2. The van der Waals surface area contributed by atoms with E-state index in [0.717, 1.165) is 16.8 Å². The van der Waals surface area contributed by atoms with E-state index in [2.05, 4.69) is 10.4 Å². The molecule has 0 spiro atoms. The van der Waals surface area contributed by atoms with E-state index in [-0.39, 0.29) is 37.1 Å². The molecule has 0 aliphatic carbocycles. The van der Waals surface area contributed by atoms with Crippen LogP contribution in [-0.2, 0) is 22.6 Å². The second kappa shape index (κ2) is 9.64. The van der Waals surface area contributed by atoms with Crippen LogP contribution in [0, 0.1) is 5.82 Å². The van der Waals surface area contributed by atoms with Crippen LogP contribution in [0.5, 0.6) is 0 Å². The van der Waals surface area contributed by atoms with Crippen molar-refractivity contribution in [3.63, 3.8) is 0 Å². The molecule has 2 amide bonds. The van der Waals surface area contributed by atoms with Crippen molar-refractivity contribution in [3.8, 4) is 5.69 Å². The lowest BCUT2D eigenvalue weighted by atomic mass is 10.2. The molecule has 1 aromatic heterocycles. The second-order valence-electron chi connectivity index (χ2n) is 6.62. The van der Waals surface area contributed by atoms with Gasteiger partial charge in [0, 0.05) is 19.3 Å². The van der Waals surface area contributed by atoms with Gasteiger partial charge in [-0.1, -0.05) is 30.3 Å². The van der Waals surface area contributed by atoms with Crippen LogP contribution < -0.4 is 5.32 Å². The van der Waals surface area contributed by atoms with Crippen LogP contribution >= 0.6 is 0 Å². The monoisotopic (exact) mass is 394 g/mol. The standard InChI is InChI=1S/C22H23FN4O2/c1-2-26(16-21(28)24-13-17-8-10-19(23)11-9-17)22(29)12-18-14-25-27(15-18)20-6-4-3-5-7-20/h3-11,14-15H,2,12-13,16H2,1H3,(H,24,28). The molecule has 0 radical (unpaired) electrons. The number of nitrogens with zero attached hydrogens (tertiary/aromatic N) is 3. The molecule has 0 saturated heterocycles. The molecule has 3 rings (SSSR count). The summed E-state index contributed by atoms with van der Waals surface area (Å²) in [5.74, 6) is -0.722. The molecule has 150 valence electrons. The van der Waals surface area contributed by atoms with Crippen molar-refractivity contribution in [1.29, 1.82) is 0 Å². The lowest BCUT2D eigenvalue weighted by Crippen LogP contribution is -2.41. The number of nitrogens with one attached hydrogen (secondary N) is 1. The Hall–Kier alpha value is -3.48. The van der Waals surface area contributed by atoms with E-state index >= 15 is 0 Å². The number of para-hydroxylation sites is 1. The molecule has 0 bridgehead atoms. The number of likely N-dealkylation sites (N-methyl/N-ethyl adjacent to an activating group) is 1. The molecule has 2 aromatic carbocycles. The Labute approximate surface area is 169 Å². The molecule has 0 aliphatic rings.